The molecule has 160 valence electrons. The van der Waals surface area contributed by atoms with Gasteiger partial charge in [-0.25, -0.2) is 9.97 Å². The van der Waals surface area contributed by atoms with E-state index in [0.717, 1.165) is 50.2 Å². The highest BCUT2D eigenvalue weighted by atomic mass is 16.5. The summed E-state index contributed by atoms with van der Waals surface area (Å²) in [5.41, 5.74) is 2.11. The van der Waals surface area contributed by atoms with E-state index in [1.165, 1.54) is 18.5 Å². The van der Waals surface area contributed by atoms with Crippen molar-refractivity contribution in [1.82, 2.24) is 19.8 Å². The highest BCUT2D eigenvalue weighted by molar-refractivity contribution is 5.86. The molecule has 0 bridgehead atoms. The zero-order valence-corrected chi connectivity index (χ0v) is 17.5. The molecule has 8 heteroatoms. The van der Waals surface area contributed by atoms with Crippen LogP contribution in [0.4, 0.5) is 5.69 Å². The lowest BCUT2D eigenvalue weighted by Gasteiger charge is -2.39. The van der Waals surface area contributed by atoms with Crippen molar-refractivity contribution in [3.63, 3.8) is 0 Å². The molecule has 2 aliphatic heterocycles. The summed E-state index contributed by atoms with van der Waals surface area (Å²) in [6.07, 6.45) is 4.21. The van der Waals surface area contributed by atoms with Crippen LogP contribution in [0.3, 0.4) is 0 Å². The lowest BCUT2D eigenvalue weighted by molar-refractivity contribution is -0.147. The Morgan fingerprint density at radius 2 is 2.00 bits per heavy atom. The van der Waals surface area contributed by atoms with Crippen LogP contribution in [0.15, 0.2) is 24.5 Å². The Balaban J connectivity index is 1.21. The van der Waals surface area contributed by atoms with Crippen molar-refractivity contribution in [1.29, 1.82) is 0 Å². The van der Waals surface area contributed by atoms with E-state index in [2.05, 4.69) is 38.0 Å². The largest absolute Gasteiger partial charge is 0.477 e. The number of hydrogen-bond acceptors (Lipinski definition) is 7. The van der Waals surface area contributed by atoms with Gasteiger partial charge in [0.25, 0.3) is 0 Å². The van der Waals surface area contributed by atoms with Crippen LogP contribution in [0, 0.1) is 5.92 Å². The molecule has 1 saturated carbocycles. The van der Waals surface area contributed by atoms with Crippen LogP contribution in [0.1, 0.15) is 12.8 Å². The summed E-state index contributed by atoms with van der Waals surface area (Å²) >= 11 is 0. The van der Waals surface area contributed by atoms with Crippen LogP contribution in [-0.2, 0) is 9.53 Å². The summed E-state index contributed by atoms with van der Waals surface area (Å²) in [6.45, 7) is 6.36. The quantitative estimate of drug-likeness (QED) is 0.712. The zero-order valence-electron chi connectivity index (χ0n) is 17.5. The van der Waals surface area contributed by atoms with Gasteiger partial charge in [0, 0.05) is 52.0 Å². The molecule has 0 N–H and O–H groups in total. The summed E-state index contributed by atoms with van der Waals surface area (Å²) < 4.78 is 11.7. The minimum atomic E-state index is 0.0665. The second kappa shape index (κ2) is 8.35. The Kier molecular flexibility index (Phi) is 5.43. The van der Waals surface area contributed by atoms with Crippen molar-refractivity contribution < 1.29 is 14.3 Å². The number of piperazine rings is 1. The molecule has 5 rings (SSSR count). The SMILES string of the molecule is CN1CC(CN2CCN(c3ccc4ncnc(OCC5CC5)c4c3)CC2)OCC1=O. The van der Waals surface area contributed by atoms with Crippen molar-refractivity contribution in [2.24, 2.45) is 5.92 Å². The monoisotopic (exact) mass is 411 g/mol. The fourth-order valence-corrected chi connectivity index (χ4v) is 4.16. The molecule has 2 saturated heterocycles. The average molecular weight is 412 g/mol. The molecular weight excluding hydrogens is 382 g/mol. The predicted molar refractivity (Wildman–Crippen MR) is 114 cm³/mol. The Bertz CT molecular complexity index is 911. The van der Waals surface area contributed by atoms with Crippen molar-refractivity contribution in [3.05, 3.63) is 24.5 Å². The Labute approximate surface area is 176 Å². The normalized spacial score (nSPS) is 23.2. The number of nitrogens with zero attached hydrogens (tertiary/aromatic N) is 5. The number of carbonyl (C=O) groups is 1. The maximum Gasteiger partial charge on any atom is 0.248 e. The molecule has 30 heavy (non-hydrogen) atoms. The highest BCUT2D eigenvalue weighted by Gasteiger charge is 2.27. The smallest absolute Gasteiger partial charge is 0.248 e. The number of aromatic nitrogens is 2. The number of carbonyl (C=O) groups excluding carboxylic acids is 1. The van der Waals surface area contributed by atoms with Gasteiger partial charge in [-0.3, -0.25) is 9.69 Å². The number of benzene rings is 1. The topological polar surface area (TPSA) is 71.0 Å². The first-order chi connectivity index (χ1) is 14.7. The maximum atomic E-state index is 11.6. The van der Waals surface area contributed by atoms with Gasteiger partial charge in [0.2, 0.25) is 11.8 Å². The first-order valence-corrected chi connectivity index (χ1v) is 10.9. The van der Waals surface area contributed by atoms with Gasteiger partial charge < -0.3 is 19.3 Å². The molecule has 0 spiro atoms. The van der Waals surface area contributed by atoms with Gasteiger partial charge in [0.15, 0.2) is 0 Å². The van der Waals surface area contributed by atoms with Gasteiger partial charge in [-0.1, -0.05) is 0 Å². The van der Waals surface area contributed by atoms with Gasteiger partial charge in [-0.15, -0.1) is 0 Å². The van der Waals surface area contributed by atoms with E-state index in [0.29, 0.717) is 18.3 Å². The third kappa shape index (κ3) is 4.34. The summed E-state index contributed by atoms with van der Waals surface area (Å²) in [4.78, 5) is 27.0. The van der Waals surface area contributed by atoms with E-state index >= 15 is 0 Å². The molecule has 3 aliphatic rings. The highest BCUT2D eigenvalue weighted by Crippen LogP contribution is 2.32. The minimum absolute atomic E-state index is 0.0665. The van der Waals surface area contributed by atoms with Gasteiger partial charge in [0.05, 0.1) is 23.6 Å². The minimum Gasteiger partial charge on any atom is -0.477 e. The molecule has 1 aromatic heterocycles. The number of amides is 1. The molecule has 1 aliphatic carbocycles. The molecule has 0 radical (unpaired) electrons. The van der Waals surface area contributed by atoms with E-state index in [1.54, 1.807) is 11.2 Å². The van der Waals surface area contributed by atoms with Crippen molar-refractivity contribution in [2.45, 2.75) is 18.9 Å². The third-order valence-electron chi connectivity index (χ3n) is 6.28. The van der Waals surface area contributed by atoms with Crippen LogP contribution in [0.5, 0.6) is 5.88 Å². The maximum absolute atomic E-state index is 11.6. The summed E-state index contributed by atoms with van der Waals surface area (Å²) in [5.74, 6) is 1.45. The first-order valence-electron chi connectivity index (χ1n) is 10.9. The van der Waals surface area contributed by atoms with Crippen LogP contribution in [0.25, 0.3) is 10.9 Å². The third-order valence-corrected chi connectivity index (χ3v) is 6.28. The molecule has 3 heterocycles. The lowest BCUT2D eigenvalue weighted by atomic mass is 10.1. The van der Waals surface area contributed by atoms with E-state index in [9.17, 15) is 4.79 Å². The fourth-order valence-electron chi connectivity index (χ4n) is 4.16. The predicted octanol–water partition coefficient (Wildman–Crippen LogP) is 1.40. The van der Waals surface area contributed by atoms with Gasteiger partial charge >= 0.3 is 0 Å². The van der Waals surface area contributed by atoms with Gasteiger partial charge in [-0.05, 0) is 37.0 Å². The number of rotatable bonds is 6. The lowest BCUT2D eigenvalue weighted by Crippen LogP contribution is -2.53. The number of fused-ring (bicyclic) bond motifs is 1. The van der Waals surface area contributed by atoms with E-state index in [-0.39, 0.29) is 18.6 Å². The van der Waals surface area contributed by atoms with Crippen LogP contribution < -0.4 is 9.64 Å². The molecule has 1 unspecified atom stereocenters. The zero-order chi connectivity index (χ0) is 20.5. The van der Waals surface area contributed by atoms with E-state index < -0.39 is 0 Å². The van der Waals surface area contributed by atoms with E-state index in [1.807, 2.05) is 7.05 Å². The van der Waals surface area contributed by atoms with Crippen molar-refractivity contribution in [2.75, 3.05) is 64.4 Å². The summed E-state index contributed by atoms with van der Waals surface area (Å²) in [7, 11) is 1.85. The fraction of sp³-hybridized carbons (Fsp3) is 0.591. The molecule has 1 amide bonds. The molecule has 2 aromatic rings. The average Bonchev–Trinajstić information content (AvgIpc) is 3.60. The molecular formula is C22H29N5O3. The number of likely N-dealkylation sites (N-methyl/N-ethyl adjacent to an activating group) is 1. The van der Waals surface area contributed by atoms with Crippen LogP contribution in [-0.4, -0.2) is 91.3 Å². The number of morpholine rings is 1. The van der Waals surface area contributed by atoms with Gasteiger partial charge in [-0.2, -0.15) is 0 Å². The Morgan fingerprint density at radius 1 is 1.17 bits per heavy atom. The standard InChI is InChI=1S/C22H29N5O3/c1-25-11-18(29-14-21(25)28)12-26-6-8-27(9-7-26)17-4-5-20-19(10-17)22(24-15-23-20)30-13-16-2-3-16/h4-5,10,15-16,18H,2-3,6-9,11-14H2,1H3. The Hall–Kier alpha value is -2.45. The number of anilines is 1. The van der Waals surface area contributed by atoms with Crippen LogP contribution in [0.2, 0.25) is 0 Å². The second-order valence-electron chi connectivity index (χ2n) is 8.63. The summed E-state index contributed by atoms with van der Waals surface area (Å²) in [6, 6.07) is 6.37. The van der Waals surface area contributed by atoms with Crippen molar-refractivity contribution >= 4 is 22.5 Å². The second-order valence-corrected chi connectivity index (χ2v) is 8.63. The Morgan fingerprint density at radius 3 is 2.77 bits per heavy atom. The number of ether oxygens (including phenoxy) is 2. The van der Waals surface area contributed by atoms with E-state index in [4.69, 9.17) is 9.47 Å². The summed E-state index contributed by atoms with van der Waals surface area (Å²) in [5, 5.41) is 0.987. The first kappa shape index (κ1) is 19.5. The molecule has 8 nitrogen and oxygen atoms in total. The molecule has 1 atom stereocenters. The molecule has 1 aromatic carbocycles. The van der Waals surface area contributed by atoms with Crippen LogP contribution >= 0.6 is 0 Å². The number of hydrogen-bond donors (Lipinski definition) is 0. The van der Waals surface area contributed by atoms with Gasteiger partial charge in [0.1, 0.15) is 12.9 Å². The molecule has 3 fully saturated rings. The van der Waals surface area contributed by atoms with Crippen molar-refractivity contribution in [3.8, 4) is 5.88 Å².